The summed E-state index contributed by atoms with van der Waals surface area (Å²) in [5.41, 5.74) is 0.0449. The molecule has 0 aromatic rings. The first-order valence-corrected chi connectivity index (χ1v) is 9.13. The highest BCUT2D eigenvalue weighted by Crippen LogP contribution is 2.41. The van der Waals surface area contributed by atoms with Crippen LogP contribution in [0.15, 0.2) is 0 Å². The van der Waals surface area contributed by atoms with Gasteiger partial charge in [0.05, 0.1) is 5.92 Å². The van der Waals surface area contributed by atoms with E-state index in [-0.39, 0.29) is 17.5 Å². The fraction of sp³-hybridized carbons (Fsp3) is 0.947. The average molecular weight is 309 g/mol. The van der Waals surface area contributed by atoms with Crippen molar-refractivity contribution in [1.82, 2.24) is 5.32 Å². The Kier molecular flexibility index (Phi) is 5.58. The number of hydrogen-bond acceptors (Lipinski definition) is 3. The maximum atomic E-state index is 12.6. The summed E-state index contributed by atoms with van der Waals surface area (Å²) in [7, 11) is 0. The third-order valence-electron chi connectivity index (χ3n) is 5.97. The number of carbonyl (C=O) groups is 1. The van der Waals surface area contributed by atoms with Crippen molar-refractivity contribution in [3.63, 3.8) is 0 Å². The summed E-state index contributed by atoms with van der Waals surface area (Å²) in [6.07, 6.45) is 6.55. The highest BCUT2D eigenvalue weighted by Gasteiger charge is 2.38. The normalized spacial score (nSPS) is 28.4. The average Bonchev–Trinajstić information content (AvgIpc) is 2.47. The summed E-state index contributed by atoms with van der Waals surface area (Å²) in [6.45, 7) is 13.2. The molecule has 2 rings (SSSR count). The molecule has 0 spiro atoms. The van der Waals surface area contributed by atoms with Gasteiger partial charge in [-0.25, -0.2) is 0 Å². The lowest BCUT2D eigenvalue weighted by Gasteiger charge is -2.39. The first kappa shape index (κ1) is 17.8. The van der Waals surface area contributed by atoms with E-state index in [0.717, 1.165) is 57.5 Å². The fourth-order valence-corrected chi connectivity index (χ4v) is 4.14. The molecule has 1 aliphatic heterocycles. The molecule has 1 saturated heterocycles. The van der Waals surface area contributed by atoms with Crippen molar-refractivity contribution < 1.29 is 9.53 Å². The van der Waals surface area contributed by atoms with Gasteiger partial charge in [-0.15, -0.1) is 0 Å². The third kappa shape index (κ3) is 4.47. The molecule has 3 nitrogen and oxygen atoms in total. The molecule has 0 bridgehead atoms. The Bertz CT molecular complexity index is 369. The summed E-state index contributed by atoms with van der Waals surface area (Å²) >= 11 is 0. The maximum Gasteiger partial charge on any atom is 0.309 e. The second-order valence-electron chi connectivity index (χ2n) is 8.96. The summed E-state index contributed by atoms with van der Waals surface area (Å²) < 4.78 is 5.97. The molecule has 0 amide bonds. The van der Waals surface area contributed by atoms with E-state index in [1.54, 1.807) is 0 Å². The number of ether oxygens (including phenoxy) is 1. The zero-order valence-corrected chi connectivity index (χ0v) is 15.2. The summed E-state index contributed by atoms with van der Waals surface area (Å²) in [5, 5.41) is 3.38. The van der Waals surface area contributed by atoms with Gasteiger partial charge < -0.3 is 10.1 Å². The molecule has 0 radical (unpaired) electrons. The minimum Gasteiger partial charge on any atom is -0.459 e. The number of rotatable bonds is 3. The van der Waals surface area contributed by atoms with Crippen molar-refractivity contribution in [2.75, 3.05) is 13.1 Å². The Balaban J connectivity index is 1.85. The standard InChI is InChI=1S/C19H35NO2/c1-18(2,3)15-8-6-14(7-9-15)17(21)22-19(4,5)16-10-12-20-13-11-16/h14-16,20H,6-13H2,1-5H3. The Morgan fingerprint density at radius 3 is 1.91 bits per heavy atom. The Morgan fingerprint density at radius 2 is 1.41 bits per heavy atom. The van der Waals surface area contributed by atoms with E-state index in [1.165, 1.54) is 0 Å². The molecule has 1 N–H and O–H groups in total. The molecule has 128 valence electrons. The van der Waals surface area contributed by atoms with Crippen molar-refractivity contribution in [3.8, 4) is 0 Å². The monoisotopic (exact) mass is 309 g/mol. The molecule has 0 unspecified atom stereocenters. The van der Waals surface area contributed by atoms with Crippen molar-refractivity contribution in [2.24, 2.45) is 23.2 Å². The van der Waals surface area contributed by atoms with Crippen LogP contribution in [0.4, 0.5) is 0 Å². The third-order valence-corrected chi connectivity index (χ3v) is 5.97. The molecule has 1 heterocycles. The highest BCUT2D eigenvalue weighted by atomic mass is 16.6. The molecular weight excluding hydrogens is 274 g/mol. The topological polar surface area (TPSA) is 38.3 Å². The smallest absolute Gasteiger partial charge is 0.309 e. The van der Waals surface area contributed by atoms with Crippen LogP contribution in [0.3, 0.4) is 0 Å². The predicted molar refractivity (Wildman–Crippen MR) is 90.7 cm³/mol. The van der Waals surface area contributed by atoms with Gasteiger partial charge >= 0.3 is 5.97 Å². The van der Waals surface area contributed by atoms with Crippen molar-refractivity contribution in [3.05, 3.63) is 0 Å². The van der Waals surface area contributed by atoms with E-state index in [2.05, 4.69) is 39.9 Å². The maximum absolute atomic E-state index is 12.6. The molecule has 2 fully saturated rings. The molecular formula is C19H35NO2. The number of carbonyl (C=O) groups excluding carboxylic acids is 1. The first-order chi connectivity index (χ1) is 10.2. The van der Waals surface area contributed by atoms with Crippen LogP contribution in [0.5, 0.6) is 0 Å². The number of nitrogens with one attached hydrogen (secondary N) is 1. The minimum absolute atomic E-state index is 0.0518. The SMILES string of the molecule is CC(C)(C)C1CCC(C(=O)OC(C)(C)C2CCNCC2)CC1. The molecule has 0 aromatic carbocycles. The first-order valence-electron chi connectivity index (χ1n) is 9.13. The van der Waals surface area contributed by atoms with Gasteiger partial charge in [0.1, 0.15) is 5.60 Å². The predicted octanol–water partition coefficient (Wildman–Crippen LogP) is 4.16. The van der Waals surface area contributed by atoms with Gasteiger partial charge in [0, 0.05) is 5.92 Å². The van der Waals surface area contributed by atoms with Gasteiger partial charge in [0.2, 0.25) is 0 Å². The van der Waals surface area contributed by atoms with Crippen molar-refractivity contribution in [1.29, 1.82) is 0 Å². The highest BCUT2D eigenvalue weighted by molar-refractivity contribution is 5.73. The van der Waals surface area contributed by atoms with E-state index in [4.69, 9.17) is 4.74 Å². The van der Waals surface area contributed by atoms with Crippen LogP contribution in [0, 0.1) is 23.2 Å². The fourth-order valence-electron chi connectivity index (χ4n) is 4.14. The van der Waals surface area contributed by atoms with E-state index >= 15 is 0 Å². The van der Waals surface area contributed by atoms with Crippen LogP contribution in [0.25, 0.3) is 0 Å². The Hall–Kier alpha value is -0.570. The Morgan fingerprint density at radius 1 is 0.864 bits per heavy atom. The largest absolute Gasteiger partial charge is 0.459 e. The molecule has 2 aliphatic rings. The van der Waals surface area contributed by atoms with Crippen LogP contribution < -0.4 is 5.32 Å². The zero-order valence-electron chi connectivity index (χ0n) is 15.2. The quantitative estimate of drug-likeness (QED) is 0.796. The summed E-state index contributed by atoms with van der Waals surface area (Å²) in [4.78, 5) is 12.6. The van der Waals surface area contributed by atoms with E-state index in [0.29, 0.717) is 11.3 Å². The minimum atomic E-state index is -0.319. The summed E-state index contributed by atoms with van der Waals surface area (Å²) in [6, 6.07) is 0. The van der Waals surface area contributed by atoms with Crippen LogP contribution in [0.1, 0.15) is 73.1 Å². The number of hydrogen-bond donors (Lipinski definition) is 1. The van der Waals surface area contributed by atoms with Crippen LogP contribution >= 0.6 is 0 Å². The van der Waals surface area contributed by atoms with Gasteiger partial charge in [-0.2, -0.15) is 0 Å². The lowest BCUT2D eigenvalue weighted by atomic mass is 9.70. The Labute approximate surface area is 136 Å². The van der Waals surface area contributed by atoms with Crippen molar-refractivity contribution >= 4 is 5.97 Å². The second kappa shape index (κ2) is 6.90. The van der Waals surface area contributed by atoms with Crippen LogP contribution in [-0.2, 0) is 9.53 Å². The molecule has 1 saturated carbocycles. The van der Waals surface area contributed by atoms with E-state index < -0.39 is 0 Å². The summed E-state index contributed by atoms with van der Waals surface area (Å²) in [5.74, 6) is 1.41. The molecule has 1 aliphatic carbocycles. The molecule has 22 heavy (non-hydrogen) atoms. The molecule has 3 heteroatoms. The molecule has 0 atom stereocenters. The van der Waals surface area contributed by atoms with Gasteiger partial charge in [-0.1, -0.05) is 20.8 Å². The van der Waals surface area contributed by atoms with Gasteiger partial charge in [0.25, 0.3) is 0 Å². The molecule has 0 aromatic heterocycles. The van der Waals surface area contributed by atoms with Crippen molar-refractivity contribution in [2.45, 2.75) is 78.7 Å². The lowest BCUT2D eigenvalue weighted by Crippen LogP contribution is -2.44. The van der Waals surface area contributed by atoms with Crippen LogP contribution in [-0.4, -0.2) is 24.7 Å². The van der Waals surface area contributed by atoms with Crippen LogP contribution in [0.2, 0.25) is 0 Å². The van der Waals surface area contributed by atoms with E-state index in [1.807, 2.05) is 0 Å². The number of piperidine rings is 1. The van der Waals surface area contributed by atoms with E-state index in [9.17, 15) is 4.79 Å². The lowest BCUT2D eigenvalue weighted by molar-refractivity contribution is -0.169. The second-order valence-corrected chi connectivity index (χ2v) is 8.96. The van der Waals surface area contributed by atoms with Gasteiger partial charge in [0.15, 0.2) is 0 Å². The number of esters is 1. The van der Waals surface area contributed by atoms with Gasteiger partial charge in [-0.3, -0.25) is 4.79 Å². The van der Waals surface area contributed by atoms with Gasteiger partial charge in [-0.05, 0) is 76.8 Å². The zero-order chi connectivity index (χ0) is 16.4.